The zero-order valence-corrected chi connectivity index (χ0v) is 12.1. The highest BCUT2D eigenvalue weighted by atomic mass is 32.1. The van der Waals surface area contributed by atoms with Crippen LogP contribution in [-0.2, 0) is 12.8 Å². The van der Waals surface area contributed by atoms with Crippen LogP contribution in [0.3, 0.4) is 0 Å². The molecule has 1 aliphatic carbocycles. The minimum atomic E-state index is 0.105. The standard InChI is InChI=1S/C14H22N2OS/c1-16(2)9-5-8-15-14(17)13-10-11-6-3-4-7-12(11)18-13/h10H,3-9H2,1-2H3,(H,15,17). The molecule has 0 unspecified atom stereocenters. The molecule has 0 saturated carbocycles. The fourth-order valence-electron chi connectivity index (χ4n) is 2.29. The second kappa shape index (κ2) is 6.34. The Morgan fingerprint density at radius 2 is 2.17 bits per heavy atom. The van der Waals surface area contributed by atoms with E-state index < -0.39 is 0 Å². The number of nitrogens with zero attached hydrogens (tertiary/aromatic N) is 1. The molecule has 0 spiro atoms. The average Bonchev–Trinajstić information content (AvgIpc) is 2.78. The summed E-state index contributed by atoms with van der Waals surface area (Å²) in [6, 6.07) is 2.10. The highest BCUT2D eigenvalue weighted by Crippen LogP contribution is 2.29. The predicted molar refractivity (Wildman–Crippen MR) is 76.5 cm³/mol. The summed E-state index contributed by atoms with van der Waals surface area (Å²) in [5.41, 5.74) is 1.41. The van der Waals surface area contributed by atoms with E-state index in [1.54, 1.807) is 11.3 Å². The highest BCUT2D eigenvalue weighted by molar-refractivity contribution is 7.14. The van der Waals surface area contributed by atoms with Crippen molar-refractivity contribution in [1.29, 1.82) is 0 Å². The molecule has 100 valence electrons. The number of hydrogen-bond acceptors (Lipinski definition) is 3. The van der Waals surface area contributed by atoms with Crippen molar-refractivity contribution < 1.29 is 4.79 Å². The largest absolute Gasteiger partial charge is 0.351 e. The van der Waals surface area contributed by atoms with Gasteiger partial charge in [0.25, 0.3) is 5.91 Å². The van der Waals surface area contributed by atoms with Crippen LogP contribution in [0.1, 0.15) is 39.4 Å². The summed E-state index contributed by atoms with van der Waals surface area (Å²) < 4.78 is 0. The molecule has 0 radical (unpaired) electrons. The fraction of sp³-hybridized carbons (Fsp3) is 0.643. The van der Waals surface area contributed by atoms with Crippen molar-refractivity contribution in [2.24, 2.45) is 0 Å². The van der Waals surface area contributed by atoms with Crippen LogP contribution in [0.4, 0.5) is 0 Å². The Bertz CT molecular complexity index is 388. The Balaban J connectivity index is 1.83. The SMILES string of the molecule is CN(C)CCCNC(=O)c1cc2c(s1)CCCC2. The molecule has 2 rings (SSSR count). The second-order valence-corrected chi connectivity index (χ2v) is 6.32. The van der Waals surface area contributed by atoms with E-state index in [-0.39, 0.29) is 5.91 Å². The molecule has 1 aliphatic rings. The lowest BCUT2D eigenvalue weighted by molar-refractivity contribution is 0.0956. The van der Waals surface area contributed by atoms with Gasteiger partial charge in [0.2, 0.25) is 0 Å². The molecule has 0 fully saturated rings. The van der Waals surface area contributed by atoms with E-state index in [0.717, 1.165) is 37.2 Å². The zero-order valence-electron chi connectivity index (χ0n) is 11.3. The van der Waals surface area contributed by atoms with Gasteiger partial charge in [0, 0.05) is 11.4 Å². The highest BCUT2D eigenvalue weighted by Gasteiger charge is 2.16. The fourth-order valence-corrected chi connectivity index (χ4v) is 3.46. The van der Waals surface area contributed by atoms with E-state index in [1.165, 1.54) is 23.3 Å². The molecule has 0 bridgehead atoms. The second-order valence-electron chi connectivity index (χ2n) is 5.18. The Morgan fingerprint density at radius 3 is 2.89 bits per heavy atom. The van der Waals surface area contributed by atoms with Gasteiger partial charge >= 0.3 is 0 Å². The van der Waals surface area contributed by atoms with Gasteiger partial charge < -0.3 is 10.2 Å². The normalized spacial score (nSPS) is 14.6. The van der Waals surface area contributed by atoms with Gasteiger partial charge in [0.1, 0.15) is 0 Å². The van der Waals surface area contributed by atoms with Gasteiger partial charge in [-0.05, 0) is 64.4 Å². The molecular formula is C14H22N2OS. The van der Waals surface area contributed by atoms with Crippen molar-refractivity contribution in [1.82, 2.24) is 10.2 Å². The molecule has 3 nitrogen and oxygen atoms in total. The van der Waals surface area contributed by atoms with Crippen molar-refractivity contribution in [3.63, 3.8) is 0 Å². The van der Waals surface area contributed by atoms with Crippen molar-refractivity contribution in [3.05, 3.63) is 21.4 Å². The van der Waals surface area contributed by atoms with Crippen LogP contribution in [0, 0.1) is 0 Å². The molecule has 0 aromatic carbocycles. The number of carbonyl (C=O) groups is 1. The summed E-state index contributed by atoms with van der Waals surface area (Å²) in [5, 5.41) is 3.01. The number of hydrogen-bond donors (Lipinski definition) is 1. The third-order valence-corrected chi connectivity index (χ3v) is 4.52. The molecule has 1 N–H and O–H groups in total. The lowest BCUT2D eigenvalue weighted by atomic mass is 9.99. The molecule has 1 aromatic rings. The topological polar surface area (TPSA) is 32.3 Å². The maximum Gasteiger partial charge on any atom is 0.261 e. The molecule has 1 aromatic heterocycles. The van der Waals surface area contributed by atoms with Gasteiger partial charge in [0.15, 0.2) is 0 Å². The van der Waals surface area contributed by atoms with E-state index >= 15 is 0 Å². The molecule has 1 heterocycles. The lowest BCUT2D eigenvalue weighted by Crippen LogP contribution is -2.26. The van der Waals surface area contributed by atoms with E-state index in [1.807, 2.05) is 0 Å². The quantitative estimate of drug-likeness (QED) is 0.830. The Morgan fingerprint density at radius 1 is 1.39 bits per heavy atom. The lowest BCUT2D eigenvalue weighted by Gasteiger charge is -2.09. The number of thiophene rings is 1. The van der Waals surface area contributed by atoms with E-state index in [9.17, 15) is 4.79 Å². The average molecular weight is 266 g/mol. The molecule has 1 amide bonds. The van der Waals surface area contributed by atoms with Crippen molar-refractivity contribution in [2.75, 3.05) is 27.2 Å². The molecule has 18 heavy (non-hydrogen) atoms. The van der Waals surface area contributed by atoms with Crippen LogP contribution >= 0.6 is 11.3 Å². The molecule has 0 atom stereocenters. The third-order valence-electron chi connectivity index (χ3n) is 3.29. The smallest absolute Gasteiger partial charge is 0.261 e. The number of nitrogens with one attached hydrogen (secondary N) is 1. The Labute approximate surface area is 113 Å². The third kappa shape index (κ3) is 3.56. The van der Waals surface area contributed by atoms with Gasteiger partial charge in [-0.15, -0.1) is 11.3 Å². The van der Waals surface area contributed by atoms with Crippen LogP contribution in [0.15, 0.2) is 6.07 Å². The number of amides is 1. The summed E-state index contributed by atoms with van der Waals surface area (Å²) >= 11 is 1.69. The summed E-state index contributed by atoms with van der Waals surface area (Å²) in [6.45, 7) is 1.78. The summed E-state index contributed by atoms with van der Waals surface area (Å²) in [6.07, 6.45) is 5.86. The Hall–Kier alpha value is -0.870. The van der Waals surface area contributed by atoms with E-state index in [2.05, 4.69) is 30.4 Å². The van der Waals surface area contributed by atoms with Crippen LogP contribution in [0.2, 0.25) is 0 Å². The molecule has 4 heteroatoms. The zero-order chi connectivity index (χ0) is 13.0. The van der Waals surface area contributed by atoms with Gasteiger partial charge in [0.05, 0.1) is 4.88 Å². The summed E-state index contributed by atoms with van der Waals surface area (Å²) in [7, 11) is 4.10. The van der Waals surface area contributed by atoms with Gasteiger partial charge in [-0.1, -0.05) is 0 Å². The predicted octanol–water partition coefficient (Wildman–Crippen LogP) is 2.31. The number of fused-ring (bicyclic) bond motifs is 1. The first-order valence-electron chi connectivity index (χ1n) is 6.71. The molecular weight excluding hydrogens is 244 g/mol. The first-order valence-corrected chi connectivity index (χ1v) is 7.53. The van der Waals surface area contributed by atoms with Crippen molar-refractivity contribution in [3.8, 4) is 0 Å². The molecule has 0 aliphatic heterocycles. The van der Waals surface area contributed by atoms with Crippen LogP contribution in [0.5, 0.6) is 0 Å². The minimum Gasteiger partial charge on any atom is -0.351 e. The monoisotopic (exact) mass is 266 g/mol. The number of carbonyl (C=O) groups excluding carboxylic acids is 1. The van der Waals surface area contributed by atoms with E-state index in [4.69, 9.17) is 0 Å². The van der Waals surface area contributed by atoms with Gasteiger partial charge in [-0.3, -0.25) is 4.79 Å². The van der Waals surface area contributed by atoms with Gasteiger partial charge in [-0.25, -0.2) is 0 Å². The Kier molecular flexibility index (Phi) is 4.78. The number of aryl methyl sites for hydroxylation is 2. The van der Waals surface area contributed by atoms with Crippen LogP contribution in [0.25, 0.3) is 0 Å². The summed E-state index contributed by atoms with van der Waals surface area (Å²) in [5.74, 6) is 0.105. The van der Waals surface area contributed by atoms with Crippen LogP contribution < -0.4 is 5.32 Å². The van der Waals surface area contributed by atoms with Crippen molar-refractivity contribution >= 4 is 17.2 Å². The van der Waals surface area contributed by atoms with E-state index in [0.29, 0.717) is 0 Å². The van der Waals surface area contributed by atoms with Crippen molar-refractivity contribution in [2.45, 2.75) is 32.1 Å². The number of rotatable bonds is 5. The summed E-state index contributed by atoms with van der Waals surface area (Å²) in [4.78, 5) is 16.5. The maximum absolute atomic E-state index is 12.0. The molecule has 0 saturated heterocycles. The first-order chi connectivity index (χ1) is 8.66. The van der Waals surface area contributed by atoms with Crippen LogP contribution in [-0.4, -0.2) is 38.0 Å². The first kappa shape index (κ1) is 13.6. The maximum atomic E-state index is 12.0. The van der Waals surface area contributed by atoms with Gasteiger partial charge in [-0.2, -0.15) is 0 Å². The minimum absolute atomic E-state index is 0.105.